The van der Waals surface area contributed by atoms with Crippen molar-refractivity contribution in [3.8, 4) is 17.2 Å². The number of aromatic nitrogens is 2. The average Bonchev–Trinajstić information content (AvgIpc) is 3.23. The fourth-order valence-electron chi connectivity index (χ4n) is 2.94. The van der Waals surface area contributed by atoms with Crippen LogP contribution in [0.4, 0.5) is 10.1 Å². The minimum absolute atomic E-state index is 0.330. The third-order valence-electron chi connectivity index (χ3n) is 4.37. The smallest absolute Gasteiger partial charge is 0.247 e. The SMILES string of the molecule is COc1ccc(Cl)cc1N[C@@H](c1ccc(F)cc1)c1nnc(-c2ccccc2)o1. The molecule has 0 saturated carbocycles. The predicted molar refractivity (Wildman–Crippen MR) is 110 cm³/mol. The molecule has 0 fully saturated rings. The second-order valence-corrected chi connectivity index (χ2v) is 6.72. The van der Waals surface area contributed by atoms with Crippen LogP contribution in [0.2, 0.25) is 5.02 Å². The first-order valence-corrected chi connectivity index (χ1v) is 9.26. The molecule has 0 unspecified atom stereocenters. The number of hydrogen-bond donors (Lipinski definition) is 1. The van der Waals surface area contributed by atoms with E-state index in [2.05, 4.69) is 15.5 Å². The van der Waals surface area contributed by atoms with Crippen molar-refractivity contribution in [2.45, 2.75) is 6.04 Å². The normalized spacial score (nSPS) is 11.8. The van der Waals surface area contributed by atoms with Gasteiger partial charge in [0.1, 0.15) is 17.6 Å². The molecule has 1 atom stereocenters. The lowest BCUT2D eigenvalue weighted by Crippen LogP contribution is -2.13. The lowest BCUT2D eigenvalue weighted by atomic mass is 10.1. The number of nitrogens with one attached hydrogen (secondary N) is 1. The third kappa shape index (κ3) is 4.22. The number of anilines is 1. The van der Waals surface area contributed by atoms with Crippen molar-refractivity contribution in [1.82, 2.24) is 10.2 Å². The first-order chi connectivity index (χ1) is 14.1. The quantitative estimate of drug-likeness (QED) is 0.440. The highest BCUT2D eigenvalue weighted by Crippen LogP contribution is 2.34. The van der Waals surface area contributed by atoms with Crippen molar-refractivity contribution in [1.29, 1.82) is 0 Å². The fraction of sp³-hybridized carbons (Fsp3) is 0.0909. The zero-order chi connectivity index (χ0) is 20.2. The van der Waals surface area contributed by atoms with Crippen LogP contribution in [0.25, 0.3) is 11.5 Å². The van der Waals surface area contributed by atoms with Crippen LogP contribution in [0, 0.1) is 5.82 Å². The van der Waals surface area contributed by atoms with Gasteiger partial charge in [0.05, 0.1) is 12.8 Å². The summed E-state index contributed by atoms with van der Waals surface area (Å²) in [5.74, 6) is 0.998. The van der Waals surface area contributed by atoms with Crippen LogP contribution in [0.5, 0.6) is 5.75 Å². The van der Waals surface area contributed by atoms with Gasteiger partial charge in [-0.25, -0.2) is 4.39 Å². The number of nitrogens with zero attached hydrogens (tertiary/aromatic N) is 2. The van der Waals surface area contributed by atoms with Crippen LogP contribution in [0.15, 0.2) is 77.2 Å². The molecule has 0 aliphatic carbocycles. The van der Waals surface area contributed by atoms with Crippen molar-refractivity contribution in [3.05, 3.63) is 95.1 Å². The van der Waals surface area contributed by atoms with Crippen molar-refractivity contribution in [3.63, 3.8) is 0 Å². The van der Waals surface area contributed by atoms with Crippen molar-refractivity contribution in [2.24, 2.45) is 0 Å². The summed E-state index contributed by atoms with van der Waals surface area (Å²) in [5.41, 5.74) is 2.20. The van der Waals surface area contributed by atoms with Crippen LogP contribution < -0.4 is 10.1 Å². The minimum Gasteiger partial charge on any atom is -0.495 e. The highest BCUT2D eigenvalue weighted by Gasteiger charge is 2.23. The zero-order valence-electron chi connectivity index (χ0n) is 15.5. The van der Waals surface area contributed by atoms with Crippen molar-refractivity contribution in [2.75, 3.05) is 12.4 Å². The molecule has 5 nitrogen and oxygen atoms in total. The van der Waals surface area contributed by atoms with Crippen LogP contribution in [0.3, 0.4) is 0 Å². The van der Waals surface area contributed by atoms with Gasteiger partial charge in [0, 0.05) is 10.6 Å². The first kappa shape index (κ1) is 19.0. The molecule has 0 aliphatic heterocycles. The second kappa shape index (κ2) is 8.32. The second-order valence-electron chi connectivity index (χ2n) is 6.28. The molecule has 0 aliphatic rings. The highest BCUT2D eigenvalue weighted by atomic mass is 35.5. The maximum absolute atomic E-state index is 13.5. The van der Waals surface area contributed by atoms with Crippen molar-refractivity contribution >= 4 is 17.3 Å². The largest absolute Gasteiger partial charge is 0.495 e. The zero-order valence-corrected chi connectivity index (χ0v) is 16.2. The molecular weight excluding hydrogens is 393 g/mol. The van der Waals surface area contributed by atoms with E-state index >= 15 is 0 Å². The Kier molecular flexibility index (Phi) is 5.44. The first-order valence-electron chi connectivity index (χ1n) is 8.88. The molecule has 0 bridgehead atoms. The van der Waals surface area contributed by atoms with E-state index in [0.29, 0.717) is 28.2 Å². The molecular formula is C22H17ClFN3O2. The van der Waals surface area contributed by atoms with E-state index in [4.69, 9.17) is 20.8 Å². The molecule has 3 aromatic carbocycles. The molecule has 7 heteroatoms. The lowest BCUT2D eigenvalue weighted by Gasteiger charge is -2.19. The molecule has 1 N–H and O–H groups in total. The summed E-state index contributed by atoms with van der Waals surface area (Å²) in [7, 11) is 1.57. The molecule has 1 heterocycles. The minimum atomic E-state index is -0.534. The molecule has 1 aromatic heterocycles. The van der Waals surface area contributed by atoms with Crippen molar-refractivity contribution < 1.29 is 13.5 Å². The van der Waals surface area contributed by atoms with Gasteiger partial charge < -0.3 is 14.5 Å². The summed E-state index contributed by atoms with van der Waals surface area (Å²) in [4.78, 5) is 0. The molecule has 29 heavy (non-hydrogen) atoms. The molecule has 4 rings (SSSR count). The summed E-state index contributed by atoms with van der Waals surface area (Å²) < 4.78 is 24.8. The Morgan fingerprint density at radius 2 is 1.76 bits per heavy atom. The van der Waals surface area contributed by atoms with Gasteiger partial charge >= 0.3 is 0 Å². The van der Waals surface area contributed by atoms with E-state index in [-0.39, 0.29) is 5.82 Å². The average molecular weight is 410 g/mol. The molecule has 4 aromatic rings. The summed E-state index contributed by atoms with van der Waals surface area (Å²) in [6.45, 7) is 0. The summed E-state index contributed by atoms with van der Waals surface area (Å²) in [6, 6.07) is 20.3. The monoisotopic (exact) mass is 409 g/mol. The number of halogens is 2. The van der Waals surface area contributed by atoms with E-state index in [9.17, 15) is 4.39 Å². The Balaban J connectivity index is 1.75. The molecule has 0 radical (unpaired) electrons. The Labute approximate surface area is 172 Å². The fourth-order valence-corrected chi connectivity index (χ4v) is 3.11. The van der Waals surface area contributed by atoms with Crippen LogP contribution >= 0.6 is 11.6 Å². The van der Waals surface area contributed by atoms with Gasteiger partial charge in [-0.05, 0) is 48.0 Å². The van der Waals surface area contributed by atoms with Gasteiger partial charge in [-0.3, -0.25) is 0 Å². The number of hydrogen-bond acceptors (Lipinski definition) is 5. The summed E-state index contributed by atoms with van der Waals surface area (Å²) in [5, 5.41) is 12.3. The summed E-state index contributed by atoms with van der Waals surface area (Å²) >= 11 is 6.16. The van der Waals surface area contributed by atoms with E-state index in [1.807, 2.05) is 30.3 Å². The Morgan fingerprint density at radius 3 is 2.48 bits per heavy atom. The maximum atomic E-state index is 13.5. The van der Waals surface area contributed by atoms with E-state index in [0.717, 1.165) is 11.1 Å². The molecule has 0 amide bonds. The number of rotatable bonds is 6. The third-order valence-corrected chi connectivity index (χ3v) is 4.61. The maximum Gasteiger partial charge on any atom is 0.247 e. The van der Waals surface area contributed by atoms with E-state index < -0.39 is 6.04 Å². The van der Waals surface area contributed by atoms with E-state index in [1.165, 1.54) is 12.1 Å². The number of methoxy groups -OCH3 is 1. The van der Waals surface area contributed by atoms with Gasteiger partial charge in [-0.2, -0.15) is 0 Å². The Bertz CT molecular complexity index is 1100. The lowest BCUT2D eigenvalue weighted by molar-refractivity contribution is 0.415. The molecule has 0 saturated heterocycles. The highest BCUT2D eigenvalue weighted by molar-refractivity contribution is 6.30. The van der Waals surface area contributed by atoms with Crippen LogP contribution in [-0.4, -0.2) is 17.3 Å². The van der Waals surface area contributed by atoms with Crippen LogP contribution in [0.1, 0.15) is 17.5 Å². The molecule has 146 valence electrons. The topological polar surface area (TPSA) is 60.2 Å². The van der Waals surface area contributed by atoms with Crippen LogP contribution in [-0.2, 0) is 0 Å². The van der Waals surface area contributed by atoms with Gasteiger partial charge in [0.15, 0.2) is 0 Å². The predicted octanol–water partition coefficient (Wildman–Crippen LogP) is 5.74. The summed E-state index contributed by atoms with van der Waals surface area (Å²) in [6.07, 6.45) is 0. The number of ether oxygens (including phenoxy) is 1. The Morgan fingerprint density at radius 1 is 1.00 bits per heavy atom. The Hall–Kier alpha value is -3.38. The van der Waals surface area contributed by atoms with Gasteiger partial charge in [-0.15, -0.1) is 10.2 Å². The molecule has 0 spiro atoms. The van der Waals surface area contributed by atoms with E-state index in [1.54, 1.807) is 37.4 Å². The number of benzene rings is 3. The standard InChI is InChI=1S/C22H17ClFN3O2/c1-28-19-12-9-16(23)13-18(19)25-20(14-7-10-17(24)11-8-14)22-27-26-21(29-22)15-5-3-2-4-6-15/h2-13,20,25H,1H3/t20-/m0/s1. The van der Waals surface area contributed by atoms with Gasteiger partial charge in [0.25, 0.3) is 0 Å². The van der Waals surface area contributed by atoms with Gasteiger partial charge in [-0.1, -0.05) is 41.9 Å². The van der Waals surface area contributed by atoms with Gasteiger partial charge in [0.2, 0.25) is 11.8 Å².